The molecular formula is C16H25N. The van der Waals surface area contributed by atoms with Gasteiger partial charge in [0.25, 0.3) is 0 Å². The van der Waals surface area contributed by atoms with Gasteiger partial charge < -0.3 is 5.73 Å². The van der Waals surface area contributed by atoms with Gasteiger partial charge in [-0.05, 0) is 31.2 Å². The van der Waals surface area contributed by atoms with E-state index in [0.717, 1.165) is 12.3 Å². The highest BCUT2D eigenvalue weighted by Crippen LogP contribution is 2.29. The molecule has 0 amide bonds. The van der Waals surface area contributed by atoms with Gasteiger partial charge in [0.05, 0.1) is 0 Å². The van der Waals surface area contributed by atoms with Crippen LogP contribution in [0.5, 0.6) is 0 Å². The zero-order chi connectivity index (χ0) is 12.1. The molecule has 1 aromatic rings. The largest absolute Gasteiger partial charge is 0.324 e. The average molecular weight is 231 g/mol. The van der Waals surface area contributed by atoms with Crippen LogP contribution in [0.25, 0.3) is 0 Å². The van der Waals surface area contributed by atoms with Crippen LogP contribution in [0.2, 0.25) is 0 Å². The van der Waals surface area contributed by atoms with Crippen molar-refractivity contribution in [2.75, 3.05) is 0 Å². The van der Waals surface area contributed by atoms with Crippen molar-refractivity contribution < 1.29 is 0 Å². The Morgan fingerprint density at radius 2 is 1.76 bits per heavy atom. The Hall–Kier alpha value is -0.820. The van der Waals surface area contributed by atoms with Crippen molar-refractivity contribution in [3.05, 3.63) is 35.4 Å². The minimum absolute atomic E-state index is 0.234. The number of benzene rings is 1. The summed E-state index contributed by atoms with van der Waals surface area (Å²) in [5, 5.41) is 0. The Labute approximate surface area is 105 Å². The van der Waals surface area contributed by atoms with Gasteiger partial charge >= 0.3 is 0 Å². The van der Waals surface area contributed by atoms with Crippen LogP contribution in [0.15, 0.2) is 24.3 Å². The maximum Gasteiger partial charge on any atom is 0.0294 e. The van der Waals surface area contributed by atoms with Gasteiger partial charge in [-0.1, -0.05) is 61.9 Å². The molecule has 17 heavy (non-hydrogen) atoms. The number of aryl methyl sites for hydroxylation is 1. The Bertz CT molecular complexity index is 322. The van der Waals surface area contributed by atoms with Crippen molar-refractivity contribution in [2.24, 2.45) is 11.7 Å². The summed E-state index contributed by atoms with van der Waals surface area (Å²) in [5.74, 6) is 0.945. The third-order valence-corrected chi connectivity index (χ3v) is 4.12. The molecule has 2 rings (SSSR count). The quantitative estimate of drug-likeness (QED) is 0.819. The van der Waals surface area contributed by atoms with E-state index in [1.165, 1.54) is 49.7 Å². The summed E-state index contributed by atoms with van der Waals surface area (Å²) >= 11 is 0. The lowest BCUT2D eigenvalue weighted by Crippen LogP contribution is -2.14. The Balaban J connectivity index is 1.80. The third-order valence-electron chi connectivity index (χ3n) is 4.12. The van der Waals surface area contributed by atoms with Crippen LogP contribution in [-0.2, 0) is 0 Å². The summed E-state index contributed by atoms with van der Waals surface area (Å²) in [6.45, 7) is 2.12. The van der Waals surface area contributed by atoms with Gasteiger partial charge in [0.1, 0.15) is 0 Å². The van der Waals surface area contributed by atoms with Crippen molar-refractivity contribution in [2.45, 2.75) is 57.9 Å². The molecular weight excluding hydrogens is 206 g/mol. The van der Waals surface area contributed by atoms with E-state index >= 15 is 0 Å². The van der Waals surface area contributed by atoms with Crippen LogP contribution < -0.4 is 5.73 Å². The molecule has 0 aliphatic heterocycles. The van der Waals surface area contributed by atoms with Crippen molar-refractivity contribution in [1.82, 2.24) is 0 Å². The number of hydrogen-bond acceptors (Lipinski definition) is 1. The van der Waals surface area contributed by atoms with Crippen LogP contribution in [0, 0.1) is 12.8 Å². The molecule has 1 aliphatic carbocycles. The van der Waals surface area contributed by atoms with Gasteiger partial charge in [0, 0.05) is 6.04 Å². The van der Waals surface area contributed by atoms with Crippen LogP contribution in [0.1, 0.15) is 62.1 Å². The van der Waals surface area contributed by atoms with Crippen molar-refractivity contribution in [3.8, 4) is 0 Å². The van der Waals surface area contributed by atoms with Gasteiger partial charge in [-0.25, -0.2) is 0 Å². The third kappa shape index (κ3) is 3.85. The number of nitrogens with two attached hydrogens (primary N) is 1. The molecule has 1 aromatic carbocycles. The lowest BCUT2D eigenvalue weighted by Gasteiger charge is -2.23. The molecule has 1 unspecified atom stereocenters. The fourth-order valence-corrected chi connectivity index (χ4v) is 2.87. The van der Waals surface area contributed by atoms with Gasteiger partial charge in [0.15, 0.2) is 0 Å². The van der Waals surface area contributed by atoms with Gasteiger partial charge in [-0.2, -0.15) is 0 Å². The van der Waals surface area contributed by atoms with Crippen LogP contribution in [0.4, 0.5) is 0 Å². The Morgan fingerprint density at radius 1 is 1.12 bits per heavy atom. The van der Waals surface area contributed by atoms with Crippen LogP contribution in [-0.4, -0.2) is 0 Å². The summed E-state index contributed by atoms with van der Waals surface area (Å²) in [4.78, 5) is 0. The molecule has 0 saturated heterocycles. The molecule has 0 spiro atoms. The van der Waals surface area contributed by atoms with E-state index in [1.54, 1.807) is 0 Å². The Kier molecular flexibility index (Phi) is 4.61. The molecule has 1 fully saturated rings. The smallest absolute Gasteiger partial charge is 0.0294 e. The van der Waals surface area contributed by atoms with E-state index in [-0.39, 0.29) is 6.04 Å². The predicted molar refractivity (Wildman–Crippen MR) is 73.9 cm³/mol. The normalized spacial score (nSPS) is 19.2. The molecule has 0 heterocycles. The van der Waals surface area contributed by atoms with Crippen LogP contribution >= 0.6 is 0 Å². The van der Waals surface area contributed by atoms with E-state index in [9.17, 15) is 0 Å². The SMILES string of the molecule is Cc1ccc(C(N)CCC2CCCCC2)cc1. The maximum absolute atomic E-state index is 6.26. The molecule has 2 N–H and O–H groups in total. The van der Waals surface area contributed by atoms with Crippen molar-refractivity contribution in [3.63, 3.8) is 0 Å². The second kappa shape index (κ2) is 6.20. The predicted octanol–water partition coefficient (Wildman–Crippen LogP) is 4.36. The van der Waals surface area contributed by atoms with Gasteiger partial charge in [-0.15, -0.1) is 0 Å². The molecule has 0 radical (unpaired) electrons. The molecule has 1 aliphatic rings. The zero-order valence-corrected chi connectivity index (χ0v) is 11.0. The summed E-state index contributed by atoms with van der Waals surface area (Å²) in [6, 6.07) is 8.92. The first-order valence-corrected chi connectivity index (χ1v) is 7.08. The van der Waals surface area contributed by atoms with E-state index in [2.05, 4.69) is 31.2 Å². The van der Waals surface area contributed by atoms with E-state index in [4.69, 9.17) is 5.73 Å². The standard InChI is InChI=1S/C16H25N/c1-13-7-10-15(11-8-13)16(17)12-9-14-5-3-2-4-6-14/h7-8,10-11,14,16H,2-6,9,12,17H2,1H3. The second-order valence-electron chi connectivity index (χ2n) is 5.60. The minimum atomic E-state index is 0.234. The number of rotatable bonds is 4. The van der Waals surface area contributed by atoms with Gasteiger partial charge in [-0.3, -0.25) is 0 Å². The van der Waals surface area contributed by atoms with Crippen LogP contribution in [0.3, 0.4) is 0 Å². The summed E-state index contributed by atoms with van der Waals surface area (Å²) in [6.07, 6.45) is 9.64. The summed E-state index contributed by atoms with van der Waals surface area (Å²) < 4.78 is 0. The number of hydrogen-bond donors (Lipinski definition) is 1. The first-order valence-electron chi connectivity index (χ1n) is 7.08. The topological polar surface area (TPSA) is 26.0 Å². The fourth-order valence-electron chi connectivity index (χ4n) is 2.87. The summed E-state index contributed by atoms with van der Waals surface area (Å²) in [5.41, 5.74) is 8.87. The minimum Gasteiger partial charge on any atom is -0.324 e. The fraction of sp³-hybridized carbons (Fsp3) is 0.625. The lowest BCUT2D eigenvalue weighted by molar-refractivity contribution is 0.324. The van der Waals surface area contributed by atoms with Crippen molar-refractivity contribution >= 4 is 0 Å². The Morgan fingerprint density at radius 3 is 2.41 bits per heavy atom. The second-order valence-corrected chi connectivity index (χ2v) is 5.60. The average Bonchev–Trinajstić information content (AvgIpc) is 2.38. The molecule has 94 valence electrons. The maximum atomic E-state index is 6.26. The molecule has 0 bridgehead atoms. The molecule has 1 heteroatoms. The van der Waals surface area contributed by atoms with E-state index in [0.29, 0.717) is 0 Å². The zero-order valence-electron chi connectivity index (χ0n) is 11.0. The molecule has 0 aromatic heterocycles. The highest BCUT2D eigenvalue weighted by molar-refractivity contribution is 5.23. The first-order chi connectivity index (χ1) is 8.25. The van der Waals surface area contributed by atoms with Gasteiger partial charge in [0.2, 0.25) is 0 Å². The highest BCUT2D eigenvalue weighted by atomic mass is 14.6. The molecule has 1 atom stereocenters. The molecule has 1 saturated carbocycles. The monoisotopic (exact) mass is 231 g/mol. The lowest BCUT2D eigenvalue weighted by atomic mass is 9.84. The molecule has 1 nitrogen and oxygen atoms in total. The highest BCUT2D eigenvalue weighted by Gasteiger charge is 2.15. The van der Waals surface area contributed by atoms with E-state index in [1.807, 2.05) is 0 Å². The summed E-state index contributed by atoms with van der Waals surface area (Å²) in [7, 11) is 0. The van der Waals surface area contributed by atoms with Crippen molar-refractivity contribution in [1.29, 1.82) is 0 Å². The first kappa shape index (κ1) is 12.6. The van der Waals surface area contributed by atoms with E-state index < -0.39 is 0 Å².